The van der Waals surface area contributed by atoms with E-state index in [1.807, 2.05) is 13.0 Å². The lowest BCUT2D eigenvalue weighted by molar-refractivity contribution is 0.0952. The van der Waals surface area contributed by atoms with Gasteiger partial charge in [-0.3, -0.25) is 4.79 Å². The highest BCUT2D eigenvalue weighted by Crippen LogP contribution is 2.43. The van der Waals surface area contributed by atoms with Gasteiger partial charge >= 0.3 is 0 Å². The Morgan fingerprint density at radius 2 is 2.14 bits per heavy atom. The van der Waals surface area contributed by atoms with E-state index in [0.29, 0.717) is 28.1 Å². The summed E-state index contributed by atoms with van der Waals surface area (Å²) in [5, 5.41) is 11.8. The van der Waals surface area contributed by atoms with E-state index in [0.717, 1.165) is 54.2 Å². The average molecular weight is 449 g/mol. The van der Waals surface area contributed by atoms with Gasteiger partial charge in [-0.25, -0.2) is 9.67 Å². The van der Waals surface area contributed by atoms with E-state index in [4.69, 9.17) is 23.2 Å². The summed E-state index contributed by atoms with van der Waals surface area (Å²) in [7, 11) is 0. The van der Waals surface area contributed by atoms with Crippen LogP contribution in [0.5, 0.6) is 0 Å². The van der Waals surface area contributed by atoms with E-state index in [2.05, 4.69) is 20.8 Å². The largest absolute Gasteiger partial charge is 0.352 e. The lowest BCUT2D eigenvalue weighted by atomic mass is 10.1. The number of amides is 1. The Kier molecular flexibility index (Phi) is 6.23. The number of nitrogens with zero attached hydrogens (tertiary/aromatic N) is 3. The Morgan fingerprint density at radius 3 is 2.83 bits per heavy atom. The maximum atomic E-state index is 12.8. The van der Waals surface area contributed by atoms with Crippen LogP contribution in [-0.2, 0) is 6.42 Å². The summed E-state index contributed by atoms with van der Waals surface area (Å²) in [4.78, 5) is 17.3. The first-order chi connectivity index (χ1) is 14.0. The van der Waals surface area contributed by atoms with E-state index in [1.54, 1.807) is 34.3 Å². The molecule has 5 nitrogen and oxygen atoms in total. The summed E-state index contributed by atoms with van der Waals surface area (Å²) in [6.45, 7) is 2.65. The second kappa shape index (κ2) is 8.86. The van der Waals surface area contributed by atoms with Gasteiger partial charge < -0.3 is 5.32 Å². The number of hydrogen-bond donors (Lipinski definition) is 1. The summed E-state index contributed by atoms with van der Waals surface area (Å²) in [6, 6.07) is 5.32. The quantitative estimate of drug-likeness (QED) is 0.457. The SMILES string of the molecule is Cc1csc(CCCCNC(=O)c2cnn(-c3ccc(Cl)cc3Cl)c2C2CC2)n1. The Balaban J connectivity index is 1.40. The van der Waals surface area contributed by atoms with E-state index in [1.165, 1.54) is 0 Å². The zero-order chi connectivity index (χ0) is 20.4. The number of aromatic nitrogens is 3. The summed E-state index contributed by atoms with van der Waals surface area (Å²) >= 11 is 14.1. The number of benzene rings is 1. The van der Waals surface area contributed by atoms with Gasteiger partial charge in [0.1, 0.15) is 0 Å². The fourth-order valence-corrected chi connectivity index (χ4v) is 4.65. The Labute approximate surface area is 184 Å². The summed E-state index contributed by atoms with van der Waals surface area (Å²) in [5.74, 6) is 0.270. The van der Waals surface area contributed by atoms with E-state index in [-0.39, 0.29) is 5.91 Å². The molecule has 152 valence electrons. The molecule has 1 aromatic carbocycles. The van der Waals surface area contributed by atoms with Crippen molar-refractivity contribution in [1.82, 2.24) is 20.1 Å². The number of rotatable bonds is 8. The number of nitrogens with one attached hydrogen (secondary N) is 1. The van der Waals surface area contributed by atoms with Crippen LogP contribution in [0.3, 0.4) is 0 Å². The van der Waals surface area contributed by atoms with Gasteiger partial charge in [0.25, 0.3) is 5.91 Å². The van der Waals surface area contributed by atoms with Crippen molar-refractivity contribution in [2.45, 2.75) is 44.9 Å². The highest BCUT2D eigenvalue weighted by atomic mass is 35.5. The van der Waals surface area contributed by atoms with Gasteiger partial charge in [-0.05, 0) is 57.2 Å². The highest BCUT2D eigenvalue weighted by molar-refractivity contribution is 7.09. The molecular formula is C21H22Cl2N4OS. The first-order valence-electron chi connectivity index (χ1n) is 9.75. The average Bonchev–Trinajstić information content (AvgIpc) is 3.29. The smallest absolute Gasteiger partial charge is 0.254 e. The third-order valence-electron chi connectivity index (χ3n) is 4.92. The van der Waals surface area contributed by atoms with Crippen LogP contribution in [0.25, 0.3) is 5.69 Å². The molecule has 2 heterocycles. The molecule has 1 saturated carbocycles. The first kappa shape index (κ1) is 20.4. The van der Waals surface area contributed by atoms with Crippen LogP contribution in [-0.4, -0.2) is 27.2 Å². The van der Waals surface area contributed by atoms with Crippen molar-refractivity contribution < 1.29 is 4.79 Å². The van der Waals surface area contributed by atoms with E-state index >= 15 is 0 Å². The van der Waals surface area contributed by atoms with Crippen LogP contribution in [0, 0.1) is 6.92 Å². The highest BCUT2D eigenvalue weighted by Gasteiger charge is 2.33. The number of aryl methyl sites for hydroxylation is 2. The molecule has 0 bridgehead atoms. The molecule has 0 atom stereocenters. The predicted octanol–water partition coefficient (Wildman–Crippen LogP) is 5.57. The topological polar surface area (TPSA) is 59.8 Å². The minimum atomic E-state index is -0.0756. The normalized spacial score (nSPS) is 13.6. The third kappa shape index (κ3) is 4.82. The number of unbranched alkanes of at least 4 members (excludes halogenated alkanes) is 1. The maximum absolute atomic E-state index is 12.8. The molecule has 0 unspecified atom stereocenters. The van der Waals surface area contributed by atoms with Gasteiger partial charge in [0.2, 0.25) is 0 Å². The molecule has 3 aromatic rings. The van der Waals surface area contributed by atoms with Crippen LogP contribution >= 0.6 is 34.5 Å². The van der Waals surface area contributed by atoms with Crippen LogP contribution in [0.1, 0.15) is 58.4 Å². The van der Waals surface area contributed by atoms with Crippen molar-refractivity contribution in [3.63, 3.8) is 0 Å². The number of hydrogen-bond acceptors (Lipinski definition) is 4. The van der Waals surface area contributed by atoms with E-state index in [9.17, 15) is 4.79 Å². The summed E-state index contributed by atoms with van der Waals surface area (Å²) in [5.41, 5.74) is 3.39. The molecule has 0 aliphatic heterocycles. The zero-order valence-electron chi connectivity index (χ0n) is 16.1. The van der Waals surface area contributed by atoms with Crippen molar-refractivity contribution in [3.8, 4) is 5.69 Å². The molecule has 1 aliphatic rings. The molecule has 1 N–H and O–H groups in total. The van der Waals surface area contributed by atoms with Crippen molar-refractivity contribution >= 4 is 40.4 Å². The van der Waals surface area contributed by atoms with Gasteiger partial charge in [-0.1, -0.05) is 23.2 Å². The zero-order valence-corrected chi connectivity index (χ0v) is 18.4. The Morgan fingerprint density at radius 1 is 1.31 bits per heavy atom. The van der Waals surface area contributed by atoms with Gasteiger partial charge in [0, 0.05) is 28.6 Å². The standard InChI is InChI=1S/C21H22Cl2N4OS/c1-13-12-29-19(26-13)4-2-3-9-24-21(28)16-11-25-27(20(16)14-5-6-14)18-8-7-15(22)10-17(18)23/h7-8,10-12,14H,2-6,9H2,1H3,(H,24,28). The Hall–Kier alpha value is -1.89. The summed E-state index contributed by atoms with van der Waals surface area (Å²) in [6.07, 6.45) is 6.64. The van der Waals surface area contributed by atoms with Crippen LogP contribution in [0.15, 0.2) is 29.8 Å². The van der Waals surface area contributed by atoms with Crippen molar-refractivity contribution in [3.05, 3.63) is 61.8 Å². The monoisotopic (exact) mass is 448 g/mol. The molecule has 1 fully saturated rings. The van der Waals surface area contributed by atoms with Gasteiger partial charge in [-0.15, -0.1) is 11.3 Å². The molecule has 0 saturated heterocycles. The number of carbonyl (C=O) groups excluding carboxylic acids is 1. The minimum Gasteiger partial charge on any atom is -0.352 e. The van der Waals surface area contributed by atoms with Gasteiger partial charge in [0.15, 0.2) is 0 Å². The molecule has 8 heteroatoms. The van der Waals surface area contributed by atoms with Crippen LogP contribution in [0.4, 0.5) is 0 Å². The molecule has 2 aromatic heterocycles. The van der Waals surface area contributed by atoms with Gasteiger partial charge in [0.05, 0.1) is 33.2 Å². The number of carbonyl (C=O) groups is 1. The van der Waals surface area contributed by atoms with E-state index < -0.39 is 0 Å². The molecule has 0 radical (unpaired) electrons. The van der Waals surface area contributed by atoms with Crippen molar-refractivity contribution in [2.24, 2.45) is 0 Å². The number of thiazole rings is 1. The van der Waals surface area contributed by atoms with Gasteiger partial charge in [-0.2, -0.15) is 5.10 Å². The minimum absolute atomic E-state index is 0.0756. The third-order valence-corrected chi connectivity index (χ3v) is 6.49. The molecule has 4 rings (SSSR count). The molecule has 1 aliphatic carbocycles. The second-order valence-corrected chi connectivity index (χ2v) is 9.11. The molecule has 0 spiro atoms. The van der Waals surface area contributed by atoms with Crippen molar-refractivity contribution in [1.29, 1.82) is 0 Å². The summed E-state index contributed by atoms with van der Waals surface area (Å²) < 4.78 is 1.79. The number of halogens is 2. The second-order valence-electron chi connectivity index (χ2n) is 7.32. The first-order valence-corrected chi connectivity index (χ1v) is 11.4. The lowest BCUT2D eigenvalue weighted by Gasteiger charge is -2.11. The fourth-order valence-electron chi connectivity index (χ4n) is 3.34. The molecule has 1 amide bonds. The lowest BCUT2D eigenvalue weighted by Crippen LogP contribution is -2.25. The van der Waals surface area contributed by atoms with Crippen molar-refractivity contribution in [2.75, 3.05) is 6.54 Å². The Bertz CT molecular complexity index is 1030. The van der Waals surface area contributed by atoms with Crippen LogP contribution < -0.4 is 5.32 Å². The maximum Gasteiger partial charge on any atom is 0.254 e. The molecule has 29 heavy (non-hydrogen) atoms. The van der Waals surface area contributed by atoms with Crippen LogP contribution in [0.2, 0.25) is 10.0 Å². The predicted molar refractivity (Wildman–Crippen MR) is 118 cm³/mol. The fraction of sp³-hybridized carbons (Fsp3) is 0.381. The molecular weight excluding hydrogens is 427 g/mol.